The van der Waals surface area contributed by atoms with Crippen LogP contribution in [0.1, 0.15) is 361 Å². The Hall–Kier alpha value is -4.63. The predicted molar refractivity (Wildman–Crippen MR) is 452 cm³/mol. The van der Waals surface area contributed by atoms with Crippen LogP contribution in [0.25, 0.3) is 0 Å². The molecule has 0 aliphatic heterocycles. The zero-order valence-corrected chi connectivity index (χ0v) is 68.8. The molecule has 0 N–H and O–H groups in total. The zero-order valence-electron chi connectivity index (χ0n) is 67.9. The fraction of sp³-hybridized carbons (Fsp3) is 0.681. The quantitative estimate of drug-likeness (QED) is 0.0195. The third kappa shape index (κ3) is 86.3. The molecule has 2 atom stereocenters. The Balaban J connectivity index is 3.97. The minimum Gasteiger partial charge on any atom is -0.756 e. The highest BCUT2D eigenvalue weighted by Gasteiger charge is 2.22. The number of phosphoric ester groups is 1. The molecule has 0 bridgehead atoms. The number of unbranched alkanes of at least 4 members (excludes halogenated alkanes) is 36. The standard InChI is InChI=1S/C94H160NO8P/c1-6-8-10-12-14-16-18-20-22-24-26-28-30-32-34-36-38-40-42-44-46-47-49-50-52-54-56-58-60-62-64-66-68-70-72-74-76-78-80-82-84-86-93(96)100-90-92(91-102-104(98,99)101-89-88-95(3,4)5)103-94(97)87-85-83-81-79-77-75-73-71-69-67-65-63-61-59-57-55-53-51-48-45-43-41-39-37-35-33-31-29-27-25-23-21-19-17-15-13-11-9-7-2/h8-11,14-17,20-23,26-29,33,35,39,41,45,48,53,55,59,61,65,67,92H,6-7,12-13,18-19,24-25,30-32,34,36-38,40,42-44,46-47,49-52,54,56-58,60,62-64,66,68-91H2,1-5H3/b10-8-,11-9-,16-14-,17-15-,22-20-,23-21-,28-26-,29-27-,35-33-,41-39-,48-45-,55-53-,61-59-,67-65-. The van der Waals surface area contributed by atoms with Crippen LogP contribution in [0.3, 0.4) is 0 Å². The molecule has 0 heterocycles. The monoisotopic (exact) mass is 1460 g/mol. The molecule has 594 valence electrons. The van der Waals surface area contributed by atoms with Crippen molar-refractivity contribution < 1.29 is 42.1 Å². The van der Waals surface area contributed by atoms with E-state index in [1.165, 1.54) is 193 Å². The van der Waals surface area contributed by atoms with Crippen molar-refractivity contribution in [2.24, 2.45) is 0 Å². The summed E-state index contributed by atoms with van der Waals surface area (Å²) in [6.45, 7) is 4.03. The third-order valence-electron chi connectivity index (χ3n) is 18.2. The van der Waals surface area contributed by atoms with Gasteiger partial charge in [0.05, 0.1) is 27.7 Å². The molecule has 0 saturated heterocycles. The van der Waals surface area contributed by atoms with Crippen molar-refractivity contribution in [3.05, 3.63) is 170 Å². The van der Waals surface area contributed by atoms with Crippen LogP contribution in [0.4, 0.5) is 0 Å². The van der Waals surface area contributed by atoms with Crippen molar-refractivity contribution in [1.29, 1.82) is 0 Å². The van der Waals surface area contributed by atoms with Crippen LogP contribution in [-0.4, -0.2) is 70.0 Å². The maximum atomic E-state index is 12.9. The lowest BCUT2D eigenvalue weighted by Gasteiger charge is -2.28. The van der Waals surface area contributed by atoms with Crippen LogP contribution in [0.5, 0.6) is 0 Å². The Morgan fingerprint density at radius 1 is 0.298 bits per heavy atom. The first-order valence-corrected chi connectivity index (χ1v) is 44.3. The van der Waals surface area contributed by atoms with Gasteiger partial charge in [-0.3, -0.25) is 14.2 Å². The van der Waals surface area contributed by atoms with Gasteiger partial charge in [0.1, 0.15) is 19.8 Å². The van der Waals surface area contributed by atoms with Crippen LogP contribution in [0.15, 0.2) is 170 Å². The number of phosphoric acid groups is 1. The Bertz CT molecular complexity index is 2370. The van der Waals surface area contributed by atoms with Gasteiger partial charge in [-0.1, -0.05) is 389 Å². The molecule has 0 saturated carbocycles. The minimum atomic E-state index is -4.66. The molecule has 0 aliphatic carbocycles. The van der Waals surface area contributed by atoms with Gasteiger partial charge in [-0.05, 0) is 128 Å². The summed E-state index contributed by atoms with van der Waals surface area (Å²) in [4.78, 5) is 38.2. The second kappa shape index (κ2) is 82.4. The molecule has 9 nitrogen and oxygen atoms in total. The Labute approximate surface area is 642 Å². The fourth-order valence-corrected chi connectivity index (χ4v) is 12.5. The summed E-state index contributed by atoms with van der Waals surface area (Å²) in [6, 6.07) is 0. The lowest BCUT2D eigenvalue weighted by molar-refractivity contribution is -0.870. The summed E-state index contributed by atoms with van der Waals surface area (Å²) >= 11 is 0. The number of rotatable bonds is 78. The highest BCUT2D eigenvalue weighted by molar-refractivity contribution is 7.45. The number of esters is 2. The zero-order chi connectivity index (χ0) is 75.4. The molecule has 0 spiro atoms. The van der Waals surface area contributed by atoms with Gasteiger partial charge in [-0.2, -0.15) is 0 Å². The first-order chi connectivity index (χ1) is 51.0. The van der Waals surface area contributed by atoms with Crippen LogP contribution < -0.4 is 4.89 Å². The first kappa shape index (κ1) is 99.4. The second-order valence-electron chi connectivity index (χ2n) is 29.4. The normalized spacial score (nSPS) is 13.9. The number of ether oxygens (including phenoxy) is 2. The third-order valence-corrected chi connectivity index (χ3v) is 19.2. The van der Waals surface area contributed by atoms with E-state index in [1.54, 1.807) is 0 Å². The van der Waals surface area contributed by atoms with Gasteiger partial charge in [-0.25, -0.2) is 0 Å². The van der Waals surface area contributed by atoms with Crippen LogP contribution in [-0.2, 0) is 32.7 Å². The van der Waals surface area contributed by atoms with Gasteiger partial charge in [0.2, 0.25) is 0 Å². The van der Waals surface area contributed by atoms with Gasteiger partial charge >= 0.3 is 11.9 Å². The highest BCUT2D eigenvalue weighted by Crippen LogP contribution is 2.38. The summed E-state index contributed by atoms with van der Waals surface area (Å²) in [6.07, 6.45) is 125. The highest BCUT2D eigenvalue weighted by atomic mass is 31.2. The molecular weight excluding hydrogens is 1300 g/mol. The van der Waals surface area contributed by atoms with Crippen molar-refractivity contribution in [3.63, 3.8) is 0 Å². The molecule has 2 unspecified atom stereocenters. The molecular formula is C94H160NO8P. The van der Waals surface area contributed by atoms with Gasteiger partial charge in [0.25, 0.3) is 7.82 Å². The molecule has 104 heavy (non-hydrogen) atoms. The number of hydrogen-bond donors (Lipinski definition) is 0. The van der Waals surface area contributed by atoms with Gasteiger partial charge in [-0.15, -0.1) is 0 Å². The molecule has 0 aliphatic rings. The maximum Gasteiger partial charge on any atom is 0.306 e. The minimum absolute atomic E-state index is 0.0380. The molecule has 0 aromatic rings. The lowest BCUT2D eigenvalue weighted by atomic mass is 10.0. The van der Waals surface area contributed by atoms with Gasteiger partial charge in [0.15, 0.2) is 6.10 Å². The van der Waals surface area contributed by atoms with Crippen molar-refractivity contribution in [2.75, 3.05) is 47.5 Å². The van der Waals surface area contributed by atoms with E-state index in [4.69, 9.17) is 18.5 Å². The molecule has 10 heteroatoms. The van der Waals surface area contributed by atoms with E-state index < -0.39 is 26.5 Å². The Kier molecular flexibility index (Phi) is 78.8. The average molecular weight is 1460 g/mol. The number of likely N-dealkylation sites (N-methyl/N-ethyl adjacent to an activating group) is 1. The molecule has 0 amide bonds. The molecule has 0 aromatic heterocycles. The van der Waals surface area contributed by atoms with Crippen molar-refractivity contribution in [3.8, 4) is 0 Å². The van der Waals surface area contributed by atoms with Crippen molar-refractivity contribution in [2.45, 2.75) is 367 Å². The first-order valence-electron chi connectivity index (χ1n) is 42.8. The Morgan fingerprint density at radius 3 is 0.769 bits per heavy atom. The lowest BCUT2D eigenvalue weighted by Crippen LogP contribution is -2.37. The summed E-state index contributed by atoms with van der Waals surface area (Å²) in [5.74, 6) is -0.838. The van der Waals surface area contributed by atoms with E-state index in [9.17, 15) is 19.0 Å². The second-order valence-corrected chi connectivity index (χ2v) is 30.8. The van der Waals surface area contributed by atoms with Crippen LogP contribution in [0, 0.1) is 0 Å². The van der Waals surface area contributed by atoms with Crippen LogP contribution >= 0.6 is 7.82 Å². The summed E-state index contributed by atoms with van der Waals surface area (Å²) in [5.41, 5.74) is 0. The summed E-state index contributed by atoms with van der Waals surface area (Å²) < 4.78 is 34.4. The average Bonchev–Trinajstić information content (AvgIpc) is 0.915. The summed E-state index contributed by atoms with van der Waals surface area (Å²) in [5, 5.41) is 0. The SMILES string of the molecule is CC/C=C\C/C=C\C/C=C\C/C=C\C/C=C\C/C=C\C/C=C\C/C=C\C/C=C\C/C=C\CCCCCCCCCCC(=O)OC(COC(=O)CCCCCCCCCCCCCCCCCCCCCCCCCCCCCC/C=C\C/C=C\C/C=C\C/C=C\CC)COP(=O)([O-])OCC[N+](C)(C)C. The van der Waals surface area contributed by atoms with E-state index in [-0.39, 0.29) is 32.0 Å². The summed E-state index contributed by atoms with van der Waals surface area (Å²) in [7, 11) is 1.16. The number of carbonyl (C=O) groups excluding carboxylic acids is 2. The molecule has 0 fully saturated rings. The molecule has 0 radical (unpaired) electrons. The number of nitrogens with zero attached hydrogens (tertiary/aromatic N) is 1. The molecule has 0 rings (SSSR count). The van der Waals surface area contributed by atoms with E-state index in [1.807, 2.05) is 21.1 Å². The van der Waals surface area contributed by atoms with Gasteiger partial charge < -0.3 is 27.9 Å². The van der Waals surface area contributed by atoms with E-state index in [2.05, 4.69) is 184 Å². The number of quaternary nitrogens is 1. The smallest absolute Gasteiger partial charge is 0.306 e. The largest absolute Gasteiger partial charge is 0.756 e. The Morgan fingerprint density at radius 2 is 0.519 bits per heavy atom. The number of hydrogen-bond acceptors (Lipinski definition) is 8. The topological polar surface area (TPSA) is 111 Å². The van der Waals surface area contributed by atoms with Crippen molar-refractivity contribution >= 4 is 19.8 Å². The molecule has 0 aromatic carbocycles. The van der Waals surface area contributed by atoms with E-state index >= 15 is 0 Å². The van der Waals surface area contributed by atoms with Crippen molar-refractivity contribution in [1.82, 2.24) is 0 Å². The van der Waals surface area contributed by atoms with Gasteiger partial charge in [0, 0.05) is 12.8 Å². The predicted octanol–water partition coefficient (Wildman–Crippen LogP) is 28.5. The number of allylic oxidation sites excluding steroid dienone is 28. The number of carbonyl (C=O) groups is 2. The fourth-order valence-electron chi connectivity index (χ4n) is 11.8. The van der Waals surface area contributed by atoms with E-state index in [0.29, 0.717) is 17.4 Å². The maximum absolute atomic E-state index is 12.9. The van der Waals surface area contributed by atoms with E-state index in [0.717, 1.165) is 135 Å². The van der Waals surface area contributed by atoms with Crippen LogP contribution in [0.2, 0.25) is 0 Å².